The number of anilines is 2. The number of benzene rings is 2. The Bertz CT molecular complexity index is 1190. The highest BCUT2D eigenvalue weighted by Crippen LogP contribution is 2.30. The van der Waals surface area contributed by atoms with Gasteiger partial charge in [-0.05, 0) is 43.7 Å². The maximum atomic E-state index is 13.1. The van der Waals surface area contributed by atoms with Gasteiger partial charge in [0.05, 0.1) is 19.9 Å². The third-order valence-electron chi connectivity index (χ3n) is 4.45. The van der Waals surface area contributed by atoms with Crippen LogP contribution < -0.4 is 19.1 Å². The van der Waals surface area contributed by atoms with E-state index in [9.17, 15) is 13.2 Å². The fourth-order valence-corrected chi connectivity index (χ4v) is 5.46. The second-order valence-corrected chi connectivity index (χ2v) is 9.37. The largest absolute Gasteiger partial charge is 0.493 e. The van der Waals surface area contributed by atoms with Crippen LogP contribution in [0.1, 0.15) is 22.8 Å². The Balaban J connectivity index is 1.84. The number of sulfonamides is 1. The van der Waals surface area contributed by atoms with E-state index in [4.69, 9.17) is 9.47 Å². The zero-order valence-corrected chi connectivity index (χ0v) is 19.1. The van der Waals surface area contributed by atoms with Crippen LogP contribution in [0.3, 0.4) is 0 Å². The fourth-order valence-electron chi connectivity index (χ4n) is 2.92. The average molecular weight is 463 g/mol. The number of nitrogens with one attached hydrogen (secondary N) is 1. The second kappa shape index (κ2) is 9.31. The second-order valence-electron chi connectivity index (χ2n) is 6.35. The molecule has 11 heteroatoms. The molecule has 0 spiro atoms. The lowest BCUT2D eigenvalue weighted by atomic mass is 10.2. The first kappa shape index (κ1) is 22.5. The number of amides is 1. The first-order valence-electron chi connectivity index (χ1n) is 9.27. The van der Waals surface area contributed by atoms with Gasteiger partial charge in [-0.15, -0.1) is 10.2 Å². The SMILES string of the molecule is CCN(c1ccccc1C)S(=O)(=O)c1nnc(NC(=O)c2ccc(OC)c(OC)c2)s1. The number of carbonyl (C=O) groups is 1. The van der Waals surface area contributed by atoms with Gasteiger partial charge in [-0.3, -0.25) is 14.4 Å². The molecule has 1 N–H and O–H groups in total. The van der Waals surface area contributed by atoms with Crippen LogP contribution in [-0.2, 0) is 10.0 Å². The Morgan fingerprint density at radius 1 is 1.10 bits per heavy atom. The van der Waals surface area contributed by atoms with E-state index in [-0.39, 0.29) is 16.0 Å². The van der Waals surface area contributed by atoms with Crippen LogP contribution in [0.5, 0.6) is 11.5 Å². The number of aromatic nitrogens is 2. The summed E-state index contributed by atoms with van der Waals surface area (Å²) in [6.07, 6.45) is 0. The summed E-state index contributed by atoms with van der Waals surface area (Å²) in [4.78, 5) is 12.6. The molecular weight excluding hydrogens is 440 g/mol. The zero-order valence-electron chi connectivity index (χ0n) is 17.4. The molecule has 31 heavy (non-hydrogen) atoms. The average Bonchev–Trinajstić information content (AvgIpc) is 3.24. The van der Waals surface area contributed by atoms with Crippen LogP contribution in [-0.4, -0.2) is 45.3 Å². The molecule has 0 saturated carbocycles. The van der Waals surface area contributed by atoms with Crippen molar-refractivity contribution in [1.29, 1.82) is 0 Å². The third-order valence-corrected chi connectivity index (χ3v) is 7.53. The Morgan fingerprint density at radius 3 is 2.45 bits per heavy atom. The molecule has 0 aliphatic rings. The van der Waals surface area contributed by atoms with E-state index in [1.54, 1.807) is 31.2 Å². The molecular formula is C20H22N4O5S2. The van der Waals surface area contributed by atoms with Crippen LogP contribution in [0.4, 0.5) is 10.8 Å². The van der Waals surface area contributed by atoms with Gasteiger partial charge in [-0.25, -0.2) is 0 Å². The summed E-state index contributed by atoms with van der Waals surface area (Å²) in [6.45, 7) is 3.80. The number of ether oxygens (including phenoxy) is 2. The zero-order chi connectivity index (χ0) is 22.6. The minimum atomic E-state index is -3.94. The van der Waals surface area contributed by atoms with Gasteiger partial charge in [0.2, 0.25) is 5.13 Å². The highest BCUT2D eigenvalue weighted by molar-refractivity contribution is 7.94. The molecule has 0 bridgehead atoms. The van der Waals surface area contributed by atoms with Gasteiger partial charge in [0.15, 0.2) is 11.5 Å². The van der Waals surface area contributed by atoms with Crippen molar-refractivity contribution in [2.24, 2.45) is 0 Å². The third kappa shape index (κ3) is 4.62. The van der Waals surface area contributed by atoms with Crippen LogP contribution >= 0.6 is 11.3 Å². The number of rotatable bonds is 8. The summed E-state index contributed by atoms with van der Waals surface area (Å²) >= 11 is 0.785. The number of methoxy groups -OCH3 is 2. The molecule has 1 amide bonds. The van der Waals surface area contributed by atoms with Crippen LogP contribution in [0.25, 0.3) is 0 Å². The van der Waals surface area contributed by atoms with Gasteiger partial charge in [0.25, 0.3) is 20.3 Å². The Labute approximate surface area is 184 Å². The summed E-state index contributed by atoms with van der Waals surface area (Å²) in [5.74, 6) is 0.402. The molecule has 0 fully saturated rings. The minimum absolute atomic E-state index is 0.0687. The van der Waals surface area contributed by atoms with Gasteiger partial charge in [-0.2, -0.15) is 8.42 Å². The monoisotopic (exact) mass is 462 g/mol. The van der Waals surface area contributed by atoms with E-state index in [0.717, 1.165) is 16.9 Å². The maximum absolute atomic E-state index is 13.1. The van der Waals surface area contributed by atoms with Crippen molar-refractivity contribution in [1.82, 2.24) is 10.2 Å². The van der Waals surface area contributed by atoms with Crippen molar-refractivity contribution in [2.75, 3.05) is 30.4 Å². The van der Waals surface area contributed by atoms with E-state index in [0.29, 0.717) is 22.7 Å². The molecule has 0 atom stereocenters. The number of hydrogen-bond acceptors (Lipinski definition) is 8. The summed E-state index contributed by atoms with van der Waals surface area (Å²) in [6, 6.07) is 11.9. The predicted molar refractivity (Wildman–Crippen MR) is 119 cm³/mol. The highest BCUT2D eigenvalue weighted by atomic mass is 32.2. The lowest BCUT2D eigenvalue weighted by Gasteiger charge is -2.22. The minimum Gasteiger partial charge on any atom is -0.493 e. The smallest absolute Gasteiger partial charge is 0.293 e. The standard InChI is InChI=1S/C20H22N4O5S2/c1-5-24(15-9-7-6-8-13(15)2)31(26,27)20-23-22-19(30-20)21-18(25)14-10-11-16(28-3)17(12-14)29-4/h6-12H,5H2,1-4H3,(H,21,22,25). The normalized spacial score (nSPS) is 11.1. The van der Waals surface area contributed by atoms with Gasteiger partial charge in [0, 0.05) is 12.1 Å². The van der Waals surface area contributed by atoms with Crippen LogP contribution in [0.2, 0.25) is 0 Å². The Morgan fingerprint density at radius 2 is 1.81 bits per heavy atom. The van der Waals surface area contributed by atoms with Crippen molar-refractivity contribution >= 4 is 38.1 Å². The molecule has 2 aromatic carbocycles. The van der Waals surface area contributed by atoms with Crippen molar-refractivity contribution in [3.63, 3.8) is 0 Å². The number of carbonyl (C=O) groups excluding carboxylic acids is 1. The lowest BCUT2D eigenvalue weighted by Crippen LogP contribution is -2.31. The maximum Gasteiger partial charge on any atom is 0.293 e. The van der Waals surface area contributed by atoms with E-state index in [1.165, 1.54) is 24.6 Å². The highest BCUT2D eigenvalue weighted by Gasteiger charge is 2.29. The van der Waals surface area contributed by atoms with E-state index >= 15 is 0 Å². The van der Waals surface area contributed by atoms with Crippen molar-refractivity contribution in [3.05, 3.63) is 53.6 Å². The van der Waals surface area contributed by atoms with Crippen LogP contribution in [0.15, 0.2) is 46.8 Å². The Hall–Kier alpha value is -3.18. The molecule has 0 unspecified atom stereocenters. The molecule has 0 aliphatic heterocycles. The number of nitrogens with zero attached hydrogens (tertiary/aromatic N) is 3. The van der Waals surface area contributed by atoms with Crippen molar-refractivity contribution in [2.45, 2.75) is 18.2 Å². The van der Waals surface area contributed by atoms with Gasteiger partial charge in [-0.1, -0.05) is 29.5 Å². The Kier molecular flexibility index (Phi) is 6.76. The molecule has 164 valence electrons. The first-order valence-corrected chi connectivity index (χ1v) is 11.5. The molecule has 3 rings (SSSR count). The van der Waals surface area contributed by atoms with Crippen molar-refractivity contribution < 1.29 is 22.7 Å². The molecule has 3 aromatic rings. The van der Waals surface area contributed by atoms with Gasteiger partial charge < -0.3 is 9.47 Å². The quantitative estimate of drug-likeness (QED) is 0.511. The number of aryl methyl sites for hydroxylation is 1. The van der Waals surface area contributed by atoms with E-state index < -0.39 is 15.9 Å². The van der Waals surface area contributed by atoms with Gasteiger partial charge in [0.1, 0.15) is 0 Å². The van der Waals surface area contributed by atoms with E-state index in [1.807, 2.05) is 19.1 Å². The predicted octanol–water partition coefficient (Wildman–Crippen LogP) is 3.33. The number of para-hydroxylation sites is 1. The molecule has 0 radical (unpaired) electrons. The van der Waals surface area contributed by atoms with Crippen molar-refractivity contribution in [3.8, 4) is 11.5 Å². The summed E-state index contributed by atoms with van der Waals surface area (Å²) < 4.78 is 37.7. The molecule has 9 nitrogen and oxygen atoms in total. The molecule has 0 saturated heterocycles. The van der Waals surface area contributed by atoms with Crippen LogP contribution in [0, 0.1) is 6.92 Å². The first-order chi connectivity index (χ1) is 14.8. The summed E-state index contributed by atoms with van der Waals surface area (Å²) in [5, 5.41) is 10.3. The van der Waals surface area contributed by atoms with E-state index in [2.05, 4.69) is 15.5 Å². The topological polar surface area (TPSA) is 111 Å². The molecule has 1 aromatic heterocycles. The number of hydrogen-bond donors (Lipinski definition) is 1. The van der Waals surface area contributed by atoms with Gasteiger partial charge >= 0.3 is 0 Å². The summed E-state index contributed by atoms with van der Waals surface area (Å²) in [7, 11) is -0.971. The molecule has 0 aliphatic carbocycles. The summed E-state index contributed by atoms with van der Waals surface area (Å²) in [5.41, 5.74) is 1.68. The fraction of sp³-hybridized carbons (Fsp3) is 0.250. The molecule has 1 heterocycles. The lowest BCUT2D eigenvalue weighted by molar-refractivity contribution is 0.102.